The van der Waals surface area contributed by atoms with Gasteiger partial charge in [-0.2, -0.15) is 0 Å². The van der Waals surface area contributed by atoms with Crippen LogP contribution in [-0.4, -0.2) is 77.3 Å². The highest BCUT2D eigenvalue weighted by Crippen LogP contribution is 2.15. The predicted molar refractivity (Wildman–Crippen MR) is 85.4 cm³/mol. The van der Waals surface area contributed by atoms with Crippen LogP contribution in [0.2, 0.25) is 12.1 Å². The van der Waals surface area contributed by atoms with Crippen molar-refractivity contribution < 1.29 is 27.2 Å². The number of nitrogens with one attached hydrogen (secondary N) is 1. The summed E-state index contributed by atoms with van der Waals surface area (Å²) in [6.07, 6.45) is 1.83. The summed E-state index contributed by atoms with van der Waals surface area (Å²) in [7, 11) is 3.27. The molecule has 7 nitrogen and oxygen atoms in total. The van der Waals surface area contributed by atoms with Crippen molar-refractivity contribution in [3.8, 4) is 0 Å². The molecule has 0 heterocycles. The van der Waals surface area contributed by atoms with Gasteiger partial charge in [0.2, 0.25) is 0 Å². The third-order valence-electron chi connectivity index (χ3n) is 3.67. The van der Waals surface area contributed by atoms with Crippen molar-refractivity contribution in [2.24, 2.45) is 0 Å². The average molecular weight is 342 g/mol. The third-order valence-corrected chi connectivity index (χ3v) is 9.58. The first-order chi connectivity index (χ1) is 10.1. The minimum atomic E-state index is -2.44. The summed E-state index contributed by atoms with van der Waals surface area (Å²) < 4.78 is 26.8. The molecule has 0 aromatic heterocycles. The van der Waals surface area contributed by atoms with Crippen LogP contribution in [0.1, 0.15) is 12.8 Å². The van der Waals surface area contributed by atoms with Crippen molar-refractivity contribution >= 4 is 17.4 Å². The molecular weight excluding hydrogens is 310 g/mol. The Balaban J connectivity index is 3.78. The van der Waals surface area contributed by atoms with E-state index >= 15 is 0 Å². The summed E-state index contributed by atoms with van der Waals surface area (Å²) in [5.41, 5.74) is 0. The van der Waals surface area contributed by atoms with Gasteiger partial charge in [0.25, 0.3) is 0 Å². The Morgan fingerprint density at radius 3 is 1.62 bits per heavy atom. The number of rotatable bonds is 14. The van der Waals surface area contributed by atoms with Crippen LogP contribution in [0, 0.1) is 0 Å². The van der Waals surface area contributed by atoms with Crippen molar-refractivity contribution in [3.05, 3.63) is 0 Å². The highest BCUT2D eigenvalue weighted by atomic mass is 28.4. The van der Waals surface area contributed by atoms with Gasteiger partial charge in [-0.05, 0) is 32.0 Å². The zero-order valence-corrected chi connectivity index (χ0v) is 15.9. The van der Waals surface area contributed by atoms with Gasteiger partial charge in [0.15, 0.2) is 0 Å². The van der Waals surface area contributed by atoms with E-state index in [-0.39, 0.29) is 6.23 Å². The van der Waals surface area contributed by atoms with Crippen LogP contribution in [-0.2, 0) is 22.1 Å². The van der Waals surface area contributed by atoms with E-state index < -0.39 is 17.4 Å². The Hall–Kier alpha value is 0.154. The van der Waals surface area contributed by atoms with Gasteiger partial charge in [-0.3, -0.25) is 0 Å². The summed E-state index contributed by atoms with van der Waals surface area (Å²) in [5.74, 6) is 0. The van der Waals surface area contributed by atoms with Gasteiger partial charge in [0.05, 0.1) is 6.23 Å². The molecule has 0 aliphatic heterocycles. The highest BCUT2D eigenvalue weighted by Gasteiger charge is 2.37. The molecule has 0 radical (unpaired) electrons. The van der Waals surface area contributed by atoms with E-state index in [4.69, 9.17) is 22.1 Å². The second-order valence-corrected chi connectivity index (χ2v) is 11.3. The fourth-order valence-corrected chi connectivity index (χ4v) is 5.52. The van der Waals surface area contributed by atoms with E-state index in [2.05, 4.69) is 5.32 Å². The zero-order chi connectivity index (χ0) is 16.2. The van der Waals surface area contributed by atoms with Gasteiger partial charge in [-0.15, -0.1) is 0 Å². The van der Waals surface area contributed by atoms with Crippen molar-refractivity contribution in [2.45, 2.75) is 24.9 Å². The van der Waals surface area contributed by atoms with Gasteiger partial charge in [-0.1, -0.05) is 0 Å². The Kier molecular flexibility index (Phi) is 11.8. The van der Waals surface area contributed by atoms with Crippen LogP contribution in [0.15, 0.2) is 0 Å². The number of aliphatic hydroxyl groups excluding tert-OH is 1. The number of hydrogen-bond acceptors (Lipinski definition) is 7. The molecule has 0 fully saturated rings. The van der Waals surface area contributed by atoms with Crippen LogP contribution < -0.4 is 5.32 Å². The second-order valence-electron chi connectivity index (χ2n) is 4.73. The molecule has 128 valence electrons. The highest BCUT2D eigenvalue weighted by molar-refractivity contribution is 6.67. The monoisotopic (exact) mass is 341 g/mol. The van der Waals surface area contributed by atoms with E-state index in [0.29, 0.717) is 0 Å². The molecule has 0 aromatic carbocycles. The normalized spacial score (nSPS) is 12.9. The van der Waals surface area contributed by atoms with Crippen molar-refractivity contribution in [1.29, 1.82) is 0 Å². The summed E-state index contributed by atoms with van der Waals surface area (Å²) >= 11 is 0. The minimum absolute atomic E-state index is 0.0103. The van der Waals surface area contributed by atoms with Crippen LogP contribution in [0.4, 0.5) is 0 Å². The van der Waals surface area contributed by atoms with E-state index in [0.717, 1.165) is 38.0 Å². The first kappa shape index (κ1) is 21.2. The van der Waals surface area contributed by atoms with Crippen molar-refractivity contribution in [3.63, 3.8) is 0 Å². The van der Waals surface area contributed by atoms with E-state index in [1.807, 2.05) is 0 Å². The molecule has 0 saturated heterocycles. The smallest absolute Gasteiger partial charge is 0.396 e. The molecule has 0 amide bonds. The molecule has 21 heavy (non-hydrogen) atoms. The molecule has 0 aliphatic rings. The maximum Gasteiger partial charge on any atom is 0.500 e. The lowest BCUT2D eigenvalue weighted by Crippen LogP contribution is -2.45. The van der Waals surface area contributed by atoms with Crippen LogP contribution in [0.25, 0.3) is 0 Å². The quantitative estimate of drug-likeness (QED) is 0.352. The van der Waals surface area contributed by atoms with Crippen LogP contribution in [0.5, 0.6) is 0 Å². The molecule has 0 saturated carbocycles. The fraction of sp³-hybridized carbons (Fsp3) is 1.00. The summed E-state index contributed by atoms with van der Waals surface area (Å²) in [4.78, 5) is 0. The number of aliphatic hydroxyl groups is 1. The molecule has 0 atom stereocenters. The maximum atomic E-state index is 9.34. The van der Waals surface area contributed by atoms with Gasteiger partial charge >= 0.3 is 17.4 Å². The van der Waals surface area contributed by atoms with Crippen molar-refractivity contribution in [1.82, 2.24) is 5.32 Å². The first-order valence-electron chi connectivity index (χ1n) is 7.15. The van der Waals surface area contributed by atoms with E-state index in [1.165, 1.54) is 0 Å². The molecule has 2 N–H and O–H groups in total. The summed E-state index contributed by atoms with van der Waals surface area (Å²) in [5, 5.41) is 12.7. The lowest BCUT2D eigenvalue weighted by molar-refractivity contribution is 0.123. The Morgan fingerprint density at radius 2 is 1.24 bits per heavy atom. The molecule has 0 rings (SSSR count). The zero-order valence-electron chi connectivity index (χ0n) is 13.9. The molecule has 0 bridgehead atoms. The van der Waals surface area contributed by atoms with Gasteiger partial charge in [0, 0.05) is 41.6 Å². The molecule has 0 aliphatic carbocycles. The third kappa shape index (κ3) is 7.30. The molecular formula is C12H31NO6Si2. The molecule has 0 spiro atoms. The van der Waals surface area contributed by atoms with Gasteiger partial charge < -0.3 is 32.6 Å². The predicted octanol–water partition coefficient (Wildman–Crippen LogP) is 0.501. The Labute approximate surface area is 130 Å². The van der Waals surface area contributed by atoms with Gasteiger partial charge in [-0.25, -0.2) is 0 Å². The SMILES string of the molecule is CO[Si](CO)(CCCNCCC[Si](OC)(OC)OC)OC. The molecule has 0 aromatic rings. The van der Waals surface area contributed by atoms with Gasteiger partial charge in [0.1, 0.15) is 0 Å². The number of hydrogen-bond donors (Lipinski definition) is 2. The van der Waals surface area contributed by atoms with Crippen LogP contribution in [0.3, 0.4) is 0 Å². The second kappa shape index (κ2) is 11.7. The van der Waals surface area contributed by atoms with E-state index in [9.17, 15) is 5.11 Å². The lowest BCUT2D eigenvalue weighted by Gasteiger charge is -2.25. The lowest BCUT2D eigenvalue weighted by atomic mass is 10.4. The standard InChI is InChI=1S/C12H31NO6Si2/c1-15-20(12-14,16-2)10-6-8-13-9-7-11-21(17-3,18-4)19-5/h13-14H,6-12H2,1-5H3. The van der Waals surface area contributed by atoms with E-state index in [1.54, 1.807) is 35.5 Å². The molecule has 9 heteroatoms. The first-order valence-corrected chi connectivity index (χ1v) is 11.3. The maximum absolute atomic E-state index is 9.34. The van der Waals surface area contributed by atoms with Crippen molar-refractivity contribution in [2.75, 3.05) is 54.9 Å². The Morgan fingerprint density at radius 1 is 0.762 bits per heavy atom. The topological polar surface area (TPSA) is 78.4 Å². The summed E-state index contributed by atoms with van der Waals surface area (Å²) in [6.45, 7) is 1.74. The summed E-state index contributed by atoms with van der Waals surface area (Å²) in [6, 6.07) is 1.56. The molecule has 0 unspecified atom stereocenters. The minimum Gasteiger partial charge on any atom is -0.396 e. The Bertz CT molecular complexity index is 211. The fourth-order valence-electron chi connectivity index (χ4n) is 2.09. The average Bonchev–Trinajstić information content (AvgIpc) is 2.55. The van der Waals surface area contributed by atoms with Crippen LogP contribution >= 0.6 is 0 Å². The largest absolute Gasteiger partial charge is 0.500 e.